The molecule has 0 aliphatic carbocycles. The Kier molecular flexibility index (Phi) is 5.82. The van der Waals surface area contributed by atoms with Gasteiger partial charge < -0.3 is 15.0 Å². The molecule has 0 radical (unpaired) electrons. The van der Waals surface area contributed by atoms with Crippen LogP contribution >= 0.6 is 0 Å². The van der Waals surface area contributed by atoms with Crippen LogP contribution in [-0.4, -0.2) is 28.5 Å². The molecular weight excluding hydrogens is 213 g/mol. The molecule has 0 saturated carbocycles. The largest absolute Gasteiger partial charge is 0.442 e. The van der Waals surface area contributed by atoms with Gasteiger partial charge in [-0.3, -0.25) is 0 Å². The van der Waals surface area contributed by atoms with Crippen LogP contribution in [0.5, 0.6) is 0 Å². The van der Waals surface area contributed by atoms with Crippen molar-refractivity contribution in [3.63, 3.8) is 0 Å². The van der Waals surface area contributed by atoms with E-state index in [2.05, 4.69) is 0 Å². The van der Waals surface area contributed by atoms with Gasteiger partial charge in [0.2, 0.25) is 0 Å². The van der Waals surface area contributed by atoms with E-state index in [9.17, 15) is 18.0 Å². The monoisotopic (exact) mass is 228 g/mol. The highest BCUT2D eigenvalue weighted by Crippen LogP contribution is 2.32. The zero-order valence-electron chi connectivity index (χ0n) is 8.26. The highest BCUT2D eigenvalue weighted by molar-refractivity contribution is 5.48. The van der Waals surface area contributed by atoms with Crippen molar-refractivity contribution in [3.8, 4) is 0 Å². The second-order valence-electron chi connectivity index (χ2n) is 3.43. The van der Waals surface area contributed by atoms with Gasteiger partial charge in [-0.05, 0) is 12.8 Å². The Morgan fingerprint density at radius 3 is 2.00 bits per heavy atom. The van der Waals surface area contributed by atoms with Crippen LogP contribution in [0.15, 0.2) is 0 Å². The molecule has 3 nitrogen and oxygen atoms in total. The highest BCUT2D eigenvalue weighted by Gasteiger charge is 2.51. The standard InChI is InChI=1S/C9H15F3O3/c10-9(11,12)8(14,15)6-4-2-1-3-5-7-13/h7,14-15H,1-6H2. The van der Waals surface area contributed by atoms with Gasteiger partial charge >= 0.3 is 6.18 Å². The summed E-state index contributed by atoms with van der Waals surface area (Å²) in [5.74, 6) is -3.59. The first-order valence-electron chi connectivity index (χ1n) is 4.76. The fourth-order valence-electron chi connectivity index (χ4n) is 1.09. The van der Waals surface area contributed by atoms with E-state index in [1.54, 1.807) is 0 Å². The summed E-state index contributed by atoms with van der Waals surface area (Å²) >= 11 is 0. The molecule has 0 aromatic rings. The van der Waals surface area contributed by atoms with Crippen molar-refractivity contribution >= 4 is 6.29 Å². The van der Waals surface area contributed by atoms with Crippen molar-refractivity contribution in [2.24, 2.45) is 0 Å². The van der Waals surface area contributed by atoms with E-state index >= 15 is 0 Å². The summed E-state index contributed by atoms with van der Waals surface area (Å²) in [4.78, 5) is 9.90. The fourth-order valence-corrected chi connectivity index (χ4v) is 1.09. The van der Waals surface area contributed by atoms with Crippen LogP contribution in [0.4, 0.5) is 13.2 Å². The normalized spacial score (nSPS) is 12.9. The maximum atomic E-state index is 11.9. The lowest BCUT2D eigenvalue weighted by Gasteiger charge is -2.24. The number of carbonyl (C=O) groups excluding carboxylic acids is 1. The maximum Gasteiger partial charge on any atom is 0.442 e. The van der Waals surface area contributed by atoms with Gasteiger partial charge in [-0.15, -0.1) is 0 Å². The van der Waals surface area contributed by atoms with Crippen LogP contribution in [-0.2, 0) is 4.79 Å². The molecule has 0 atom stereocenters. The number of unbranched alkanes of at least 4 members (excludes halogenated alkanes) is 4. The number of rotatable bonds is 7. The molecule has 0 spiro atoms. The first-order chi connectivity index (χ1) is 6.81. The van der Waals surface area contributed by atoms with Gasteiger partial charge in [0.05, 0.1) is 0 Å². The average molecular weight is 228 g/mol. The maximum absolute atomic E-state index is 11.9. The van der Waals surface area contributed by atoms with E-state index in [0.717, 1.165) is 6.29 Å². The van der Waals surface area contributed by atoms with Gasteiger partial charge in [0.25, 0.3) is 5.79 Å². The summed E-state index contributed by atoms with van der Waals surface area (Å²) in [6.07, 6.45) is -2.82. The van der Waals surface area contributed by atoms with Crippen molar-refractivity contribution in [3.05, 3.63) is 0 Å². The molecule has 0 saturated heterocycles. The van der Waals surface area contributed by atoms with E-state index in [4.69, 9.17) is 10.2 Å². The van der Waals surface area contributed by atoms with Crippen LogP contribution in [0.25, 0.3) is 0 Å². The van der Waals surface area contributed by atoms with Gasteiger partial charge in [-0.1, -0.05) is 12.8 Å². The molecule has 0 unspecified atom stereocenters. The molecule has 6 heteroatoms. The fraction of sp³-hybridized carbons (Fsp3) is 0.889. The molecule has 0 aliphatic heterocycles. The van der Waals surface area contributed by atoms with Crippen molar-refractivity contribution in [2.45, 2.75) is 50.5 Å². The molecule has 0 aliphatic rings. The lowest BCUT2D eigenvalue weighted by molar-refractivity contribution is -0.351. The van der Waals surface area contributed by atoms with Crippen LogP contribution in [0, 0.1) is 0 Å². The van der Waals surface area contributed by atoms with Gasteiger partial charge in [0, 0.05) is 12.8 Å². The third-order valence-corrected chi connectivity index (χ3v) is 2.05. The first kappa shape index (κ1) is 14.4. The average Bonchev–Trinajstić information content (AvgIpc) is 2.09. The molecule has 15 heavy (non-hydrogen) atoms. The third-order valence-electron chi connectivity index (χ3n) is 2.05. The Labute approximate surface area is 85.9 Å². The Morgan fingerprint density at radius 1 is 1.00 bits per heavy atom. The van der Waals surface area contributed by atoms with E-state index in [0.29, 0.717) is 25.7 Å². The first-order valence-corrected chi connectivity index (χ1v) is 4.76. The quantitative estimate of drug-likeness (QED) is 0.396. The minimum Gasteiger partial charge on any atom is -0.359 e. The topological polar surface area (TPSA) is 57.5 Å². The number of alkyl halides is 3. The number of aliphatic hydroxyl groups is 2. The molecule has 2 N–H and O–H groups in total. The summed E-state index contributed by atoms with van der Waals surface area (Å²) in [5.41, 5.74) is 0. The van der Waals surface area contributed by atoms with Crippen LogP contribution in [0.1, 0.15) is 38.5 Å². The molecule has 0 bridgehead atoms. The van der Waals surface area contributed by atoms with E-state index in [1.165, 1.54) is 0 Å². The van der Waals surface area contributed by atoms with E-state index < -0.39 is 18.4 Å². The minimum absolute atomic E-state index is 0.0748. The Morgan fingerprint density at radius 2 is 1.53 bits per heavy atom. The molecule has 90 valence electrons. The second kappa shape index (κ2) is 6.07. The number of halogens is 3. The number of hydrogen-bond acceptors (Lipinski definition) is 3. The molecule has 0 heterocycles. The Hall–Kier alpha value is -0.620. The number of carbonyl (C=O) groups is 1. The minimum atomic E-state index is -5.00. The Bertz CT molecular complexity index is 190. The van der Waals surface area contributed by atoms with E-state index in [-0.39, 0.29) is 6.42 Å². The summed E-state index contributed by atoms with van der Waals surface area (Å²) in [6.45, 7) is 0. The smallest absolute Gasteiger partial charge is 0.359 e. The lowest BCUT2D eigenvalue weighted by Crippen LogP contribution is -2.44. The molecule has 0 amide bonds. The van der Waals surface area contributed by atoms with Crippen molar-refractivity contribution in [1.82, 2.24) is 0 Å². The SMILES string of the molecule is O=CCCCCCCC(O)(O)C(F)(F)F. The number of aldehydes is 1. The van der Waals surface area contributed by atoms with Crippen LogP contribution < -0.4 is 0 Å². The number of hydrogen-bond donors (Lipinski definition) is 2. The van der Waals surface area contributed by atoms with Crippen LogP contribution in [0.3, 0.4) is 0 Å². The summed E-state index contributed by atoms with van der Waals surface area (Å²) in [5, 5.41) is 17.3. The summed E-state index contributed by atoms with van der Waals surface area (Å²) in [6, 6.07) is 0. The zero-order valence-corrected chi connectivity index (χ0v) is 8.26. The molecule has 0 aromatic carbocycles. The van der Waals surface area contributed by atoms with Gasteiger partial charge in [0.1, 0.15) is 6.29 Å². The molecule has 0 aromatic heterocycles. The summed E-state index contributed by atoms with van der Waals surface area (Å²) < 4.78 is 35.8. The zero-order chi connectivity index (χ0) is 11.9. The molecule has 0 fully saturated rings. The highest BCUT2D eigenvalue weighted by atomic mass is 19.4. The van der Waals surface area contributed by atoms with Crippen molar-refractivity contribution in [2.75, 3.05) is 0 Å². The third kappa shape index (κ3) is 5.74. The van der Waals surface area contributed by atoms with Crippen molar-refractivity contribution in [1.29, 1.82) is 0 Å². The second-order valence-corrected chi connectivity index (χ2v) is 3.43. The molecular formula is C9H15F3O3. The van der Waals surface area contributed by atoms with Gasteiger partial charge in [-0.25, -0.2) is 0 Å². The predicted octanol–water partition coefficient (Wildman–Crippen LogP) is 1.77. The van der Waals surface area contributed by atoms with Crippen molar-refractivity contribution < 1.29 is 28.2 Å². The molecule has 0 rings (SSSR count). The summed E-state index contributed by atoms with van der Waals surface area (Å²) in [7, 11) is 0. The predicted molar refractivity (Wildman–Crippen MR) is 47.0 cm³/mol. The van der Waals surface area contributed by atoms with Gasteiger partial charge in [0.15, 0.2) is 0 Å². The lowest BCUT2D eigenvalue weighted by atomic mass is 10.1. The van der Waals surface area contributed by atoms with Gasteiger partial charge in [-0.2, -0.15) is 13.2 Å². The Balaban J connectivity index is 3.62. The van der Waals surface area contributed by atoms with Crippen LogP contribution in [0.2, 0.25) is 0 Å². The van der Waals surface area contributed by atoms with E-state index in [1.807, 2.05) is 0 Å².